The van der Waals surface area contributed by atoms with Crippen LogP contribution in [0.15, 0.2) is 5.16 Å². The molecule has 0 aromatic heterocycles. The fourth-order valence-electron chi connectivity index (χ4n) is 1.62. The molecule has 1 heterocycles. The van der Waals surface area contributed by atoms with Gasteiger partial charge in [0.1, 0.15) is 6.61 Å². The van der Waals surface area contributed by atoms with Crippen LogP contribution in [0, 0.1) is 0 Å². The lowest BCUT2D eigenvalue weighted by Crippen LogP contribution is -2.39. The first-order valence-corrected chi connectivity index (χ1v) is 5.54. The zero-order valence-corrected chi connectivity index (χ0v) is 9.74. The molecule has 1 amide bonds. The predicted molar refractivity (Wildman–Crippen MR) is 56.5 cm³/mol. The number of ether oxygens (including phenoxy) is 1. The monoisotopic (exact) mass is 268 g/mol. The van der Waals surface area contributed by atoms with Crippen molar-refractivity contribution < 1.29 is 27.9 Å². The fourth-order valence-corrected chi connectivity index (χ4v) is 1.62. The molecule has 0 atom stereocenters. The molecule has 5 nitrogen and oxygen atoms in total. The maximum absolute atomic E-state index is 11.8. The Morgan fingerprint density at radius 3 is 2.50 bits per heavy atom. The van der Waals surface area contributed by atoms with E-state index in [1.54, 1.807) is 0 Å². The number of carbonyl (C=O) groups excluding carboxylic acids is 1. The quantitative estimate of drug-likeness (QED) is 0.476. The Bertz CT molecular complexity index is 308. The second kappa shape index (κ2) is 6.58. The van der Waals surface area contributed by atoms with Crippen LogP contribution in [0.4, 0.5) is 13.2 Å². The molecular formula is C10H15F3N2O3. The summed E-state index contributed by atoms with van der Waals surface area (Å²) < 4.78 is 39.6. The minimum absolute atomic E-state index is 0.0678. The third-order valence-corrected chi connectivity index (χ3v) is 2.56. The van der Waals surface area contributed by atoms with Crippen molar-refractivity contribution in [1.82, 2.24) is 4.90 Å². The minimum Gasteiger partial charge on any atom is -0.411 e. The van der Waals surface area contributed by atoms with E-state index in [1.807, 2.05) is 0 Å². The summed E-state index contributed by atoms with van der Waals surface area (Å²) in [5.41, 5.74) is 0.632. The summed E-state index contributed by atoms with van der Waals surface area (Å²) in [6.07, 6.45) is -3.44. The van der Waals surface area contributed by atoms with Gasteiger partial charge in [-0.3, -0.25) is 4.79 Å². The van der Waals surface area contributed by atoms with Gasteiger partial charge in [-0.2, -0.15) is 13.2 Å². The summed E-state index contributed by atoms with van der Waals surface area (Å²) in [6.45, 7) is -0.716. The Labute approximate surface area is 102 Å². The smallest absolute Gasteiger partial charge is 0.411 e. The topological polar surface area (TPSA) is 62.1 Å². The van der Waals surface area contributed by atoms with Gasteiger partial charge in [0.25, 0.3) is 0 Å². The van der Waals surface area contributed by atoms with Crippen LogP contribution in [0.3, 0.4) is 0 Å². The van der Waals surface area contributed by atoms with Crippen LogP contribution in [-0.2, 0) is 9.53 Å². The molecule has 104 valence electrons. The van der Waals surface area contributed by atoms with Crippen LogP contribution in [0.5, 0.6) is 0 Å². The van der Waals surface area contributed by atoms with Gasteiger partial charge in [0.05, 0.1) is 18.7 Å². The number of piperidine rings is 1. The third kappa shape index (κ3) is 5.35. The zero-order valence-electron chi connectivity index (χ0n) is 9.74. The van der Waals surface area contributed by atoms with E-state index in [0.29, 0.717) is 31.6 Å². The number of nitrogens with zero attached hydrogens (tertiary/aromatic N) is 2. The Morgan fingerprint density at radius 1 is 1.39 bits per heavy atom. The lowest BCUT2D eigenvalue weighted by atomic mass is 10.1. The van der Waals surface area contributed by atoms with E-state index in [-0.39, 0.29) is 18.9 Å². The van der Waals surface area contributed by atoms with E-state index < -0.39 is 12.8 Å². The highest BCUT2D eigenvalue weighted by Gasteiger charge is 2.27. The second-order valence-corrected chi connectivity index (χ2v) is 3.96. The maximum atomic E-state index is 11.8. The van der Waals surface area contributed by atoms with Crippen LogP contribution in [0.25, 0.3) is 0 Å². The van der Waals surface area contributed by atoms with Crippen molar-refractivity contribution in [2.75, 3.05) is 26.3 Å². The molecule has 0 aromatic carbocycles. The summed E-state index contributed by atoms with van der Waals surface area (Å²) in [6, 6.07) is 0. The van der Waals surface area contributed by atoms with Crippen LogP contribution < -0.4 is 0 Å². The molecule has 0 unspecified atom stereocenters. The standard InChI is InChI=1S/C10H15F3N2O3/c11-10(12,13)7-18-6-3-9(16)15-4-1-8(14-17)2-5-15/h17H,1-7H2. The van der Waals surface area contributed by atoms with E-state index in [2.05, 4.69) is 9.89 Å². The molecule has 1 fully saturated rings. The molecule has 0 aromatic rings. The molecule has 1 N–H and O–H groups in total. The number of rotatable bonds is 4. The van der Waals surface area contributed by atoms with Crippen molar-refractivity contribution in [2.24, 2.45) is 5.16 Å². The van der Waals surface area contributed by atoms with E-state index in [9.17, 15) is 18.0 Å². The van der Waals surface area contributed by atoms with Crippen LogP contribution in [-0.4, -0.2) is 54.2 Å². The Kier molecular flexibility index (Phi) is 5.39. The fraction of sp³-hybridized carbons (Fsp3) is 0.800. The second-order valence-electron chi connectivity index (χ2n) is 3.96. The van der Waals surface area contributed by atoms with Gasteiger partial charge in [-0.15, -0.1) is 0 Å². The van der Waals surface area contributed by atoms with Crippen molar-refractivity contribution >= 4 is 11.6 Å². The lowest BCUT2D eigenvalue weighted by Gasteiger charge is -2.27. The van der Waals surface area contributed by atoms with Crippen LogP contribution in [0.1, 0.15) is 19.3 Å². The van der Waals surface area contributed by atoms with Gasteiger partial charge in [-0.25, -0.2) is 0 Å². The van der Waals surface area contributed by atoms with Gasteiger partial charge in [0.2, 0.25) is 5.91 Å². The molecule has 0 aliphatic carbocycles. The average molecular weight is 268 g/mol. The number of oxime groups is 1. The van der Waals surface area contributed by atoms with Crippen molar-refractivity contribution in [3.8, 4) is 0 Å². The highest BCUT2D eigenvalue weighted by Crippen LogP contribution is 2.14. The predicted octanol–water partition coefficient (Wildman–Crippen LogP) is 1.41. The SMILES string of the molecule is O=C(CCOCC(F)(F)F)N1CCC(=NO)CC1. The molecule has 0 bridgehead atoms. The number of amides is 1. The van der Waals surface area contributed by atoms with Gasteiger partial charge in [0.15, 0.2) is 0 Å². The first-order valence-electron chi connectivity index (χ1n) is 5.54. The van der Waals surface area contributed by atoms with E-state index >= 15 is 0 Å². The molecule has 1 aliphatic rings. The molecule has 0 radical (unpaired) electrons. The molecule has 18 heavy (non-hydrogen) atoms. The summed E-state index contributed by atoms with van der Waals surface area (Å²) in [5, 5.41) is 11.6. The zero-order chi connectivity index (χ0) is 13.6. The van der Waals surface area contributed by atoms with E-state index in [4.69, 9.17) is 5.21 Å². The van der Waals surface area contributed by atoms with Gasteiger partial charge in [-0.05, 0) is 0 Å². The largest absolute Gasteiger partial charge is 0.411 e. The van der Waals surface area contributed by atoms with E-state index in [0.717, 1.165) is 0 Å². The molecular weight excluding hydrogens is 253 g/mol. The number of alkyl halides is 3. The Balaban J connectivity index is 2.18. The molecule has 8 heteroatoms. The van der Waals surface area contributed by atoms with E-state index in [1.165, 1.54) is 4.90 Å². The highest BCUT2D eigenvalue weighted by atomic mass is 19.4. The Hall–Kier alpha value is -1.31. The van der Waals surface area contributed by atoms with Crippen molar-refractivity contribution in [3.05, 3.63) is 0 Å². The summed E-state index contributed by atoms with van der Waals surface area (Å²) in [5.74, 6) is -0.242. The Morgan fingerprint density at radius 2 is 2.00 bits per heavy atom. The molecule has 0 saturated carbocycles. The number of carbonyl (C=O) groups is 1. The number of likely N-dealkylation sites (tertiary alicyclic amines) is 1. The first kappa shape index (κ1) is 14.7. The molecule has 1 rings (SSSR count). The normalized spacial score (nSPS) is 16.8. The number of hydrogen-bond acceptors (Lipinski definition) is 4. The molecule has 0 spiro atoms. The number of halogens is 3. The summed E-state index contributed by atoms with van der Waals surface area (Å²) in [7, 11) is 0. The lowest BCUT2D eigenvalue weighted by molar-refractivity contribution is -0.175. The summed E-state index contributed by atoms with van der Waals surface area (Å²) in [4.78, 5) is 13.1. The first-order chi connectivity index (χ1) is 8.42. The highest BCUT2D eigenvalue weighted by molar-refractivity contribution is 5.87. The van der Waals surface area contributed by atoms with Crippen molar-refractivity contribution in [3.63, 3.8) is 0 Å². The van der Waals surface area contributed by atoms with Gasteiger partial charge in [0, 0.05) is 25.9 Å². The molecule has 1 aliphatic heterocycles. The van der Waals surface area contributed by atoms with Crippen LogP contribution >= 0.6 is 0 Å². The van der Waals surface area contributed by atoms with Crippen LogP contribution in [0.2, 0.25) is 0 Å². The molecule has 1 saturated heterocycles. The van der Waals surface area contributed by atoms with Gasteiger partial charge >= 0.3 is 6.18 Å². The average Bonchev–Trinajstić information content (AvgIpc) is 2.33. The third-order valence-electron chi connectivity index (χ3n) is 2.56. The van der Waals surface area contributed by atoms with Gasteiger partial charge in [-0.1, -0.05) is 5.16 Å². The number of hydrogen-bond donors (Lipinski definition) is 1. The van der Waals surface area contributed by atoms with Gasteiger partial charge < -0.3 is 14.8 Å². The maximum Gasteiger partial charge on any atom is 0.411 e. The van der Waals surface area contributed by atoms with Crippen molar-refractivity contribution in [2.45, 2.75) is 25.4 Å². The minimum atomic E-state index is -4.36. The van der Waals surface area contributed by atoms with Crippen molar-refractivity contribution in [1.29, 1.82) is 0 Å². The summed E-state index contributed by atoms with van der Waals surface area (Å²) >= 11 is 0.